The van der Waals surface area contributed by atoms with Crippen LogP contribution in [0.2, 0.25) is 0 Å². The number of ether oxygens (including phenoxy) is 2. The van der Waals surface area contributed by atoms with Crippen molar-refractivity contribution in [1.82, 2.24) is 28.8 Å². The van der Waals surface area contributed by atoms with E-state index < -0.39 is 41.1 Å². The Kier molecular flexibility index (Phi) is 9.93. The molecule has 4 aliphatic heterocycles. The van der Waals surface area contributed by atoms with Gasteiger partial charge < -0.3 is 24.2 Å². The SMILES string of the molecule is CCN(C(=O)c1cc(F)ccc1Oc1cncnc1N1CC2(CCN(C[C@@H]3CC[C@@H](NS(=O)(=O)N4CC(F)(F)C4)CO3)CC2)C1)C(C)C. The van der Waals surface area contributed by atoms with Gasteiger partial charge in [0.05, 0.1) is 37.6 Å². The summed E-state index contributed by atoms with van der Waals surface area (Å²) in [6.07, 6.45) is 6.29. The summed E-state index contributed by atoms with van der Waals surface area (Å²) in [5, 5.41) is 0. The van der Waals surface area contributed by atoms with Crippen LogP contribution in [0, 0.1) is 11.2 Å². The van der Waals surface area contributed by atoms with Crippen molar-refractivity contribution < 1.29 is 35.9 Å². The number of carbonyl (C=O) groups excluding carboxylic acids is 1. The summed E-state index contributed by atoms with van der Waals surface area (Å²) in [6.45, 7) is 8.99. The molecule has 1 aromatic carbocycles. The van der Waals surface area contributed by atoms with Crippen molar-refractivity contribution in [3.05, 3.63) is 42.1 Å². The predicted octanol–water partition coefficient (Wildman–Crippen LogP) is 3.51. The normalized spacial score (nSPS) is 24.3. The van der Waals surface area contributed by atoms with Gasteiger partial charge in [-0.15, -0.1) is 0 Å². The molecule has 5 heterocycles. The van der Waals surface area contributed by atoms with Gasteiger partial charge in [0, 0.05) is 43.7 Å². The minimum absolute atomic E-state index is 0.0139. The van der Waals surface area contributed by atoms with Gasteiger partial charge in [-0.05, 0) is 77.7 Å². The van der Waals surface area contributed by atoms with Crippen LogP contribution in [0.5, 0.6) is 11.5 Å². The van der Waals surface area contributed by atoms with E-state index in [1.165, 1.54) is 24.5 Å². The number of hydrogen-bond donors (Lipinski definition) is 1. The van der Waals surface area contributed by atoms with E-state index in [0.717, 1.165) is 49.9 Å². The largest absolute Gasteiger partial charge is 0.451 e. The van der Waals surface area contributed by atoms with Crippen LogP contribution in [0.15, 0.2) is 30.7 Å². The first-order chi connectivity index (χ1) is 22.8. The summed E-state index contributed by atoms with van der Waals surface area (Å²) < 4.78 is 80.7. The summed E-state index contributed by atoms with van der Waals surface area (Å²) in [5.74, 6) is -2.52. The number of rotatable bonds is 11. The molecule has 4 aliphatic rings. The number of halogens is 3. The Morgan fingerprint density at radius 1 is 1.15 bits per heavy atom. The van der Waals surface area contributed by atoms with Gasteiger partial charge >= 0.3 is 0 Å². The monoisotopic (exact) mass is 695 g/mol. The third-order valence-electron chi connectivity index (χ3n) is 9.85. The van der Waals surface area contributed by atoms with Crippen LogP contribution < -0.4 is 14.4 Å². The van der Waals surface area contributed by atoms with E-state index in [2.05, 4.69) is 24.5 Å². The van der Waals surface area contributed by atoms with Crippen LogP contribution in [-0.2, 0) is 14.9 Å². The number of anilines is 1. The number of nitrogens with zero attached hydrogens (tertiary/aromatic N) is 6. The second kappa shape index (κ2) is 13.7. The molecule has 1 amide bonds. The molecule has 4 fully saturated rings. The molecule has 1 N–H and O–H groups in total. The fraction of sp³-hybridized carbons (Fsp3) is 0.656. The van der Waals surface area contributed by atoms with Crippen LogP contribution in [0.25, 0.3) is 0 Å². The van der Waals surface area contributed by atoms with Crippen LogP contribution in [0.4, 0.5) is 19.0 Å². The second-order valence-electron chi connectivity index (χ2n) is 13.8. The summed E-state index contributed by atoms with van der Waals surface area (Å²) >= 11 is 0. The van der Waals surface area contributed by atoms with E-state index in [4.69, 9.17) is 9.47 Å². The van der Waals surface area contributed by atoms with Crippen molar-refractivity contribution in [3.63, 3.8) is 0 Å². The summed E-state index contributed by atoms with van der Waals surface area (Å²) in [7, 11) is -3.94. The molecule has 1 aromatic heterocycles. The Morgan fingerprint density at radius 2 is 1.88 bits per heavy atom. The fourth-order valence-corrected chi connectivity index (χ4v) is 8.56. The second-order valence-corrected chi connectivity index (χ2v) is 15.5. The molecule has 6 rings (SSSR count). The van der Waals surface area contributed by atoms with E-state index >= 15 is 0 Å². The zero-order valence-electron chi connectivity index (χ0n) is 27.6. The van der Waals surface area contributed by atoms with Gasteiger partial charge in [-0.1, -0.05) is 0 Å². The Labute approximate surface area is 279 Å². The zero-order chi connectivity index (χ0) is 34.3. The molecule has 16 heteroatoms. The van der Waals surface area contributed by atoms with Gasteiger partial charge in [-0.3, -0.25) is 4.79 Å². The molecule has 2 atom stereocenters. The fourth-order valence-electron chi connectivity index (χ4n) is 7.09. The van der Waals surface area contributed by atoms with Crippen molar-refractivity contribution in [2.75, 3.05) is 63.9 Å². The Hall–Kier alpha value is -3.05. The lowest BCUT2D eigenvalue weighted by atomic mass is 9.72. The number of benzene rings is 1. The highest BCUT2D eigenvalue weighted by molar-refractivity contribution is 7.87. The highest BCUT2D eigenvalue weighted by Gasteiger charge is 2.50. The molecule has 0 saturated carbocycles. The summed E-state index contributed by atoms with van der Waals surface area (Å²) in [6, 6.07) is 3.45. The van der Waals surface area contributed by atoms with Gasteiger partial charge in [-0.2, -0.15) is 17.4 Å². The van der Waals surface area contributed by atoms with E-state index in [1.807, 2.05) is 20.8 Å². The molecule has 12 nitrogen and oxygen atoms in total. The quantitative estimate of drug-likeness (QED) is 0.377. The Bertz CT molecular complexity index is 1570. The number of nitrogens with one attached hydrogen (secondary N) is 1. The molecule has 0 unspecified atom stereocenters. The van der Waals surface area contributed by atoms with Crippen LogP contribution in [0.3, 0.4) is 0 Å². The van der Waals surface area contributed by atoms with Crippen molar-refractivity contribution in [2.24, 2.45) is 5.41 Å². The molecule has 264 valence electrons. The van der Waals surface area contributed by atoms with Crippen molar-refractivity contribution >= 4 is 21.9 Å². The van der Waals surface area contributed by atoms with E-state index in [0.29, 0.717) is 31.0 Å². The number of alkyl halides is 2. The number of amides is 1. The minimum Gasteiger partial charge on any atom is -0.451 e. The predicted molar refractivity (Wildman–Crippen MR) is 172 cm³/mol. The Morgan fingerprint density at radius 3 is 2.50 bits per heavy atom. The average molecular weight is 696 g/mol. The summed E-state index contributed by atoms with van der Waals surface area (Å²) in [5.41, 5.74) is 0.282. The maximum atomic E-state index is 14.3. The topological polar surface area (TPSA) is 120 Å². The lowest BCUT2D eigenvalue weighted by Gasteiger charge is -2.54. The molecular formula is C32H44F3N7O5S. The smallest absolute Gasteiger partial charge is 0.280 e. The van der Waals surface area contributed by atoms with E-state index in [-0.39, 0.29) is 41.4 Å². The van der Waals surface area contributed by atoms with Gasteiger partial charge in [-0.25, -0.2) is 23.1 Å². The molecule has 2 aromatic rings. The molecule has 4 saturated heterocycles. The number of likely N-dealkylation sites (tertiary alicyclic amines) is 1. The Balaban J connectivity index is 0.990. The highest BCUT2D eigenvalue weighted by Crippen LogP contribution is 2.45. The van der Waals surface area contributed by atoms with Gasteiger partial charge in [0.15, 0.2) is 11.6 Å². The third-order valence-corrected chi connectivity index (χ3v) is 11.4. The maximum Gasteiger partial charge on any atom is 0.280 e. The molecular weight excluding hydrogens is 651 g/mol. The first-order valence-electron chi connectivity index (χ1n) is 16.6. The first-order valence-corrected chi connectivity index (χ1v) is 18.0. The van der Waals surface area contributed by atoms with E-state index in [1.54, 1.807) is 11.1 Å². The molecule has 1 spiro atoms. The van der Waals surface area contributed by atoms with Crippen molar-refractivity contribution in [2.45, 2.75) is 70.6 Å². The third kappa shape index (κ3) is 7.57. The number of piperidine rings is 1. The van der Waals surface area contributed by atoms with Gasteiger partial charge in [0.2, 0.25) is 0 Å². The van der Waals surface area contributed by atoms with Crippen molar-refractivity contribution in [3.8, 4) is 11.5 Å². The van der Waals surface area contributed by atoms with Gasteiger partial charge in [0.1, 0.15) is 17.9 Å². The minimum atomic E-state index is -3.94. The van der Waals surface area contributed by atoms with Crippen LogP contribution in [-0.4, -0.2) is 121 Å². The highest BCUT2D eigenvalue weighted by atomic mass is 32.2. The van der Waals surface area contributed by atoms with Crippen LogP contribution >= 0.6 is 0 Å². The average Bonchev–Trinajstić information content (AvgIpc) is 3.01. The first kappa shape index (κ1) is 34.8. The van der Waals surface area contributed by atoms with Gasteiger partial charge in [0.25, 0.3) is 22.0 Å². The van der Waals surface area contributed by atoms with Crippen molar-refractivity contribution in [1.29, 1.82) is 0 Å². The maximum absolute atomic E-state index is 14.3. The lowest BCUT2D eigenvalue weighted by molar-refractivity contribution is -0.0954. The molecule has 0 bridgehead atoms. The summed E-state index contributed by atoms with van der Waals surface area (Å²) in [4.78, 5) is 28.2. The van der Waals surface area contributed by atoms with Crippen LogP contribution in [0.1, 0.15) is 56.8 Å². The van der Waals surface area contributed by atoms with E-state index in [9.17, 15) is 26.4 Å². The molecule has 0 radical (unpaired) electrons. The lowest BCUT2D eigenvalue weighted by Crippen LogP contribution is -2.62. The standard InChI is InChI=1S/C32H44F3N7O5S/c1-4-42(22(2)3)30(43)26-13-23(33)5-8-27(26)47-28-14-36-21-37-29(28)40-17-31(18-40)9-11-39(12-10-31)15-25-7-6-24(16-46-25)38-48(44,45)41-19-32(34,35)20-41/h5,8,13-14,21-22,24-25,38H,4,6-7,9-12,15-20H2,1-3H3/t24-,25+/m1/s1. The molecule has 48 heavy (non-hydrogen) atoms. The number of carbonyl (C=O) groups is 1. The zero-order valence-corrected chi connectivity index (χ0v) is 28.4. The molecule has 0 aliphatic carbocycles. The number of hydrogen-bond acceptors (Lipinski definition) is 9. The number of aromatic nitrogens is 2.